The minimum atomic E-state index is -0.514. The number of amides is 1. The van der Waals surface area contributed by atoms with E-state index in [9.17, 15) is 4.79 Å². The zero-order chi connectivity index (χ0) is 15.1. The zero-order valence-electron chi connectivity index (χ0n) is 12.2. The van der Waals surface area contributed by atoms with Gasteiger partial charge in [-0.05, 0) is 61.5 Å². The minimum Gasteiger partial charge on any atom is -0.368 e. The van der Waals surface area contributed by atoms with Crippen LogP contribution in [0.15, 0.2) is 17.2 Å². The van der Waals surface area contributed by atoms with Gasteiger partial charge in [0, 0.05) is 11.5 Å². The number of nitrogens with two attached hydrogens (primary N) is 1. The first-order chi connectivity index (χ1) is 9.47. The van der Waals surface area contributed by atoms with Crippen LogP contribution in [0.5, 0.6) is 0 Å². The summed E-state index contributed by atoms with van der Waals surface area (Å²) in [7, 11) is 0. The predicted molar refractivity (Wildman–Crippen MR) is 79.2 cm³/mol. The number of carbonyl (C=O) groups excluding carboxylic acids is 1. The van der Waals surface area contributed by atoms with Crippen LogP contribution < -0.4 is 11.1 Å². The summed E-state index contributed by atoms with van der Waals surface area (Å²) in [5.74, 6) is -0.403. The van der Waals surface area contributed by atoms with E-state index in [1.54, 1.807) is 0 Å². The topological polar surface area (TPSA) is 104 Å². The fourth-order valence-corrected chi connectivity index (χ4v) is 2.10. The van der Waals surface area contributed by atoms with Gasteiger partial charge in [-0.1, -0.05) is 17.2 Å². The fraction of sp³-hybridized carbons (Fsp3) is 0.500. The molecule has 0 aromatic heterocycles. The van der Waals surface area contributed by atoms with E-state index in [0.717, 1.165) is 16.7 Å². The van der Waals surface area contributed by atoms with Gasteiger partial charge in [-0.2, -0.15) is 0 Å². The lowest BCUT2D eigenvalue weighted by atomic mass is 9.95. The van der Waals surface area contributed by atoms with Gasteiger partial charge in [0.25, 0.3) is 0 Å². The Balaban J connectivity index is 2.83. The maximum absolute atomic E-state index is 11.6. The number of primary amides is 1. The Hall–Kier alpha value is -2.04. The number of carbonyl (C=O) groups is 1. The first-order valence-corrected chi connectivity index (χ1v) is 6.58. The molecule has 6 heteroatoms. The average molecular weight is 275 g/mol. The van der Waals surface area contributed by atoms with Gasteiger partial charge in [0.2, 0.25) is 5.91 Å². The highest BCUT2D eigenvalue weighted by Gasteiger charge is 2.19. The lowest BCUT2D eigenvalue weighted by molar-refractivity contribution is -0.120. The van der Waals surface area contributed by atoms with Gasteiger partial charge < -0.3 is 11.1 Å². The van der Waals surface area contributed by atoms with E-state index in [4.69, 9.17) is 11.3 Å². The molecule has 0 saturated heterocycles. The van der Waals surface area contributed by atoms with Gasteiger partial charge in [-0.15, -0.1) is 0 Å². The standard InChI is InChI=1S/C14H21N5O/c1-9-7-11(3)12(8-10(9)2)13(14(15)20)17-5-4-6-18-19-16/h7-8,13,17H,4-6H2,1-3H3,(H2,15,20). The SMILES string of the molecule is Cc1cc(C)c(C(NCCCN=[N+]=[N-])C(N)=O)cc1C. The van der Waals surface area contributed by atoms with Gasteiger partial charge >= 0.3 is 0 Å². The highest BCUT2D eigenvalue weighted by atomic mass is 16.1. The van der Waals surface area contributed by atoms with Crippen molar-refractivity contribution in [3.05, 3.63) is 44.8 Å². The third-order valence-corrected chi connectivity index (χ3v) is 3.32. The summed E-state index contributed by atoms with van der Waals surface area (Å²) < 4.78 is 0. The molecule has 0 heterocycles. The zero-order valence-corrected chi connectivity index (χ0v) is 12.2. The molecule has 20 heavy (non-hydrogen) atoms. The summed E-state index contributed by atoms with van der Waals surface area (Å²) >= 11 is 0. The molecule has 6 nitrogen and oxygen atoms in total. The number of rotatable bonds is 7. The summed E-state index contributed by atoms with van der Waals surface area (Å²) in [6.07, 6.45) is 0.664. The normalized spacial score (nSPS) is 11.8. The maximum Gasteiger partial charge on any atom is 0.239 e. The molecule has 0 radical (unpaired) electrons. The molecule has 0 bridgehead atoms. The number of aryl methyl sites for hydroxylation is 3. The molecule has 1 atom stereocenters. The van der Waals surface area contributed by atoms with Crippen molar-refractivity contribution < 1.29 is 4.79 Å². The molecule has 1 aromatic rings. The van der Waals surface area contributed by atoms with Crippen LogP contribution in [-0.4, -0.2) is 19.0 Å². The largest absolute Gasteiger partial charge is 0.368 e. The molecule has 108 valence electrons. The summed E-state index contributed by atoms with van der Waals surface area (Å²) in [5.41, 5.74) is 18.0. The number of hydrogen-bond acceptors (Lipinski definition) is 3. The number of nitrogens with one attached hydrogen (secondary N) is 1. The number of hydrogen-bond donors (Lipinski definition) is 2. The highest BCUT2D eigenvalue weighted by Crippen LogP contribution is 2.21. The monoisotopic (exact) mass is 275 g/mol. The minimum absolute atomic E-state index is 0.403. The second-order valence-corrected chi connectivity index (χ2v) is 4.89. The second-order valence-electron chi connectivity index (χ2n) is 4.89. The number of azide groups is 1. The van der Waals surface area contributed by atoms with E-state index in [-0.39, 0.29) is 0 Å². The molecule has 1 amide bonds. The Morgan fingerprint density at radius 2 is 2.00 bits per heavy atom. The Morgan fingerprint density at radius 3 is 2.60 bits per heavy atom. The van der Waals surface area contributed by atoms with E-state index >= 15 is 0 Å². The van der Waals surface area contributed by atoms with E-state index in [2.05, 4.69) is 21.4 Å². The van der Waals surface area contributed by atoms with Crippen LogP contribution in [0.2, 0.25) is 0 Å². The summed E-state index contributed by atoms with van der Waals surface area (Å²) in [5, 5.41) is 6.58. The number of nitrogens with zero attached hydrogens (tertiary/aromatic N) is 3. The lowest BCUT2D eigenvalue weighted by Crippen LogP contribution is -2.35. The summed E-state index contributed by atoms with van der Waals surface area (Å²) in [6.45, 7) is 7.00. The highest BCUT2D eigenvalue weighted by molar-refractivity contribution is 5.82. The van der Waals surface area contributed by atoms with E-state index in [0.29, 0.717) is 19.5 Å². The van der Waals surface area contributed by atoms with Crippen molar-refractivity contribution in [2.24, 2.45) is 10.8 Å². The first kappa shape index (κ1) is 16.0. The predicted octanol–water partition coefficient (Wildman–Crippen LogP) is 2.43. The van der Waals surface area contributed by atoms with Crippen molar-refractivity contribution in [3.8, 4) is 0 Å². The van der Waals surface area contributed by atoms with Crippen LogP contribution in [0.3, 0.4) is 0 Å². The molecule has 0 fully saturated rings. The summed E-state index contributed by atoms with van der Waals surface area (Å²) in [4.78, 5) is 14.3. The third kappa shape index (κ3) is 4.26. The molecule has 0 aliphatic carbocycles. The van der Waals surface area contributed by atoms with Crippen LogP contribution in [0.4, 0.5) is 0 Å². The first-order valence-electron chi connectivity index (χ1n) is 6.58. The van der Waals surface area contributed by atoms with E-state index < -0.39 is 11.9 Å². The Kier molecular flexibility index (Phi) is 6.03. The molecule has 1 rings (SSSR count). The molecule has 0 aliphatic rings. The van der Waals surface area contributed by atoms with E-state index in [1.807, 2.05) is 26.8 Å². The van der Waals surface area contributed by atoms with Crippen LogP contribution in [-0.2, 0) is 4.79 Å². The van der Waals surface area contributed by atoms with Gasteiger partial charge in [-0.25, -0.2) is 0 Å². The van der Waals surface area contributed by atoms with Crippen LogP contribution in [0.1, 0.15) is 34.7 Å². The lowest BCUT2D eigenvalue weighted by Gasteiger charge is -2.19. The molecule has 0 saturated carbocycles. The van der Waals surface area contributed by atoms with Crippen molar-refractivity contribution in [2.45, 2.75) is 33.2 Å². The second kappa shape index (κ2) is 7.53. The number of benzene rings is 1. The fourth-order valence-electron chi connectivity index (χ4n) is 2.10. The quantitative estimate of drug-likeness (QED) is 0.345. The molecule has 0 spiro atoms. The van der Waals surface area contributed by atoms with E-state index in [1.165, 1.54) is 5.56 Å². The molecule has 1 unspecified atom stereocenters. The van der Waals surface area contributed by atoms with Crippen molar-refractivity contribution in [1.82, 2.24) is 5.32 Å². The Bertz CT molecular complexity index is 535. The van der Waals surface area contributed by atoms with Crippen molar-refractivity contribution >= 4 is 5.91 Å². The molecule has 3 N–H and O–H groups in total. The van der Waals surface area contributed by atoms with Gasteiger partial charge in [0.05, 0.1) is 0 Å². The molecular formula is C14H21N5O. The maximum atomic E-state index is 11.6. The molecule has 1 aromatic carbocycles. The molecular weight excluding hydrogens is 254 g/mol. The van der Waals surface area contributed by atoms with Crippen molar-refractivity contribution in [2.75, 3.05) is 13.1 Å². The Morgan fingerprint density at radius 1 is 1.35 bits per heavy atom. The molecule has 0 aliphatic heterocycles. The van der Waals surface area contributed by atoms with Crippen molar-refractivity contribution in [1.29, 1.82) is 0 Å². The van der Waals surface area contributed by atoms with Crippen LogP contribution >= 0.6 is 0 Å². The average Bonchev–Trinajstić information content (AvgIpc) is 2.38. The Labute approximate surface area is 119 Å². The third-order valence-electron chi connectivity index (χ3n) is 3.32. The van der Waals surface area contributed by atoms with Gasteiger partial charge in [0.15, 0.2) is 0 Å². The van der Waals surface area contributed by atoms with Crippen LogP contribution in [0.25, 0.3) is 10.4 Å². The smallest absolute Gasteiger partial charge is 0.239 e. The van der Waals surface area contributed by atoms with Gasteiger partial charge in [0.1, 0.15) is 6.04 Å². The van der Waals surface area contributed by atoms with Gasteiger partial charge in [-0.3, -0.25) is 4.79 Å². The summed E-state index contributed by atoms with van der Waals surface area (Å²) in [6, 6.07) is 3.54. The van der Waals surface area contributed by atoms with Crippen molar-refractivity contribution in [3.63, 3.8) is 0 Å². The van der Waals surface area contributed by atoms with Crippen LogP contribution in [0, 0.1) is 20.8 Å².